The van der Waals surface area contributed by atoms with Gasteiger partial charge in [0.25, 0.3) is 0 Å². The maximum Gasteiger partial charge on any atom is 0.426 e. The zero-order valence-electron chi connectivity index (χ0n) is 24.0. The van der Waals surface area contributed by atoms with Crippen LogP contribution in [0.15, 0.2) is 41.3 Å². The van der Waals surface area contributed by atoms with Crippen LogP contribution in [0.1, 0.15) is 44.9 Å². The van der Waals surface area contributed by atoms with Gasteiger partial charge in [0.1, 0.15) is 23.0 Å². The molecule has 0 N–H and O–H groups in total. The lowest BCUT2D eigenvalue weighted by Crippen LogP contribution is -2.56. The van der Waals surface area contributed by atoms with Crippen LogP contribution in [-0.4, -0.2) is 67.0 Å². The number of Topliss-reactive ketones (excluding diaryl/α,β-unsaturated/α-hetero) is 1. The van der Waals surface area contributed by atoms with Gasteiger partial charge in [-0.1, -0.05) is 18.2 Å². The van der Waals surface area contributed by atoms with Crippen LogP contribution in [0.2, 0.25) is 0 Å². The van der Waals surface area contributed by atoms with Gasteiger partial charge in [-0.05, 0) is 69.1 Å². The van der Waals surface area contributed by atoms with E-state index in [0.29, 0.717) is 25.0 Å². The summed E-state index contributed by atoms with van der Waals surface area (Å²) < 4.78 is 117. The molecule has 15 heteroatoms. The van der Waals surface area contributed by atoms with E-state index >= 15 is 0 Å². The molecule has 0 aromatic heterocycles. The number of rotatable bonds is 7. The Kier molecular flexibility index (Phi) is 9.46. The number of alkyl halides is 6. The summed E-state index contributed by atoms with van der Waals surface area (Å²) in [7, 11) is -4.99. The molecule has 248 valence electrons. The van der Waals surface area contributed by atoms with E-state index in [0.717, 1.165) is 10.8 Å². The lowest BCUT2D eigenvalue weighted by Gasteiger charge is -2.54. The van der Waals surface area contributed by atoms with E-state index in [4.69, 9.17) is 4.74 Å². The highest BCUT2D eigenvalue weighted by molar-refractivity contribution is 7.97. The van der Waals surface area contributed by atoms with Gasteiger partial charge in [0, 0.05) is 33.5 Å². The predicted octanol–water partition coefficient (Wildman–Crippen LogP) is 5.95. The summed E-state index contributed by atoms with van der Waals surface area (Å²) in [6.45, 7) is -1.25. The molecule has 1 saturated heterocycles. The molecule has 1 heterocycles. The largest absolute Gasteiger partial charge is 0.748 e. The van der Waals surface area contributed by atoms with Gasteiger partial charge in [-0.25, -0.2) is 8.42 Å². The van der Waals surface area contributed by atoms with E-state index in [2.05, 4.69) is 4.74 Å². The maximum absolute atomic E-state index is 12.9. The Morgan fingerprint density at radius 3 is 2.11 bits per heavy atom. The Hall–Kier alpha value is -2.52. The topological polar surface area (TPSA) is 110 Å². The van der Waals surface area contributed by atoms with E-state index in [1.807, 2.05) is 30.3 Å². The molecule has 4 aliphatic carbocycles. The number of ketones is 1. The molecule has 5 aliphatic rings. The first-order chi connectivity index (χ1) is 20.9. The molecular formula is C30H32F6O7S2. The molecule has 0 radical (unpaired) electrons. The van der Waals surface area contributed by atoms with Crippen molar-refractivity contribution < 1.29 is 58.4 Å². The van der Waals surface area contributed by atoms with Crippen LogP contribution in [-0.2, 0) is 35.3 Å². The van der Waals surface area contributed by atoms with Crippen molar-refractivity contribution in [3.8, 4) is 5.75 Å². The Bertz CT molecular complexity index is 1520. The van der Waals surface area contributed by atoms with Gasteiger partial charge in [0.2, 0.25) is 6.10 Å². The molecule has 7 nitrogen and oxygen atoms in total. The molecule has 2 aromatic carbocycles. The average molecular weight is 683 g/mol. The van der Waals surface area contributed by atoms with Crippen LogP contribution in [0.3, 0.4) is 0 Å². The van der Waals surface area contributed by atoms with Crippen molar-refractivity contribution in [3.63, 3.8) is 0 Å². The molecule has 4 bridgehead atoms. The van der Waals surface area contributed by atoms with Crippen LogP contribution in [0, 0.1) is 23.2 Å². The highest BCUT2D eigenvalue weighted by atomic mass is 32.2. The van der Waals surface area contributed by atoms with E-state index in [9.17, 15) is 48.9 Å². The number of benzene rings is 2. The van der Waals surface area contributed by atoms with Gasteiger partial charge >= 0.3 is 18.3 Å². The minimum Gasteiger partial charge on any atom is -0.748 e. The van der Waals surface area contributed by atoms with Crippen LogP contribution in [0.25, 0.3) is 10.8 Å². The number of fused-ring (bicyclic) bond motifs is 1. The lowest BCUT2D eigenvalue weighted by molar-refractivity contribution is -0.226. The number of carbonyl (C=O) groups excluding carboxylic acids is 2. The summed E-state index contributed by atoms with van der Waals surface area (Å²) in [6, 6.07) is 11.2. The second-order valence-electron chi connectivity index (χ2n) is 12.3. The summed E-state index contributed by atoms with van der Waals surface area (Å²) >= 11 is 0. The van der Waals surface area contributed by atoms with Crippen molar-refractivity contribution in [1.82, 2.24) is 0 Å². The average Bonchev–Trinajstić information content (AvgIpc) is 3.47. The van der Waals surface area contributed by atoms with E-state index in [1.54, 1.807) is 6.07 Å². The Morgan fingerprint density at radius 2 is 1.56 bits per heavy atom. The fraction of sp³-hybridized carbons (Fsp3) is 0.600. The Labute approximate surface area is 259 Å². The molecule has 1 aliphatic heterocycles. The summed E-state index contributed by atoms with van der Waals surface area (Å²) in [6.07, 6.45) is -8.04. The van der Waals surface area contributed by atoms with Gasteiger partial charge in [-0.2, -0.15) is 26.3 Å². The van der Waals surface area contributed by atoms with E-state index < -0.39 is 52.3 Å². The minimum absolute atomic E-state index is 0.0592. The van der Waals surface area contributed by atoms with Gasteiger partial charge in [0.05, 0.1) is 21.3 Å². The monoisotopic (exact) mass is 682 g/mol. The SMILES string of the molecule is FC(F)(F)COc1ccc([S+]2CCCC2)c2ccccc12.O=C1C2CC3CC1CC(C(=O)OC(CS(=O)(=O)[O-])C(F)(F)F)(C3)C2. The minimum atomic E-state index is -5.22. The number of hydrogen-bond donors (Lipinski definition) is 0. The van der Waals surface area contributed by atoms with Crippen molar-refractivity contribution in [2.24, 2.45) is 23.2 Å². The Balaban J connectivity index is 0.000000179. The first kappa shape index (κ1) is 33.8. The highest BCUT2D eigenvalue weighted by Gasteiger charge is 2.60. The number of halogens is 6. The zero-order valence-corrected chi connectivity index (χ0v) is 25.6. The molecule has 7 rings (SSSR count). The van der Waals surface area contributed by atoms with Gasteiger partial charge in [-0.3, -0.25) is 9.59 Å². The highest BCUT2D eigenvalue weighted by Crippen LogP contribution is 2.59. The van der Waals surface area contributed by atoms with Crippen molar-refractivity contribution >= 4 is 43.5 Å². The zero-order chi connectivity index (χ0) is 32.8. The van der Waals surface area contributed by atoms with E-state index in [1.165, 1.54) is 29.2 Å². The molecular weight excluding hydrogens is 650 g/mol. The lowest BCUT2D eigenvalue weighted by atomic mass is 9.49. The van der Waals surface area contributed by atoms with Gasteiger partial charge in [0.15, 0.2) is 11.5 Å². The summed E-state index contributed by atoms with van der Waals surface area (Å²) in [4.78, 5) is 25.7. The normalized spacial score (nSPS) is 27.3. The fourth-order valence-corrected chi connectivity index (χ4v) is 10.4. The van der Waals surface area contributed by atoms with Crippen LogP contribution in [0.4, 0.5) is 26.3 Å². The molecule has 0 spiro atoms. The number of hydrogen-bond acceptors (Lipinski definition) is 7. The number of carbonyl (C=O) groups is 2. The molecule has 45 heavy (non-hydrogen) atoms. The third-order valence-electron chi connectivity index (χ3n) is 8.97. The van der Waals surface area contributed by atoms with Crippen LogP contribution in [0.5, 0.6) is 5.75 Å². The quantitative estimate of drug-likeness (QED) is 0.154. The summed E-state index contributed by atoms with van der Waals surface area (Å²) in [5, 5.41) is 1.81. The van der Waals surface area contributed by atoms with Crippen molar-refractivity contribution in [2.75, 3.05) is 23.9 Å². The second kappa shape index (κ2) is 12.6. The van der Waals surface area contributed by atoms with Crippen LogP contribution >= 0.6 is 0 Å². The molecule has 3 unspecified atom stereocenters. The molecule has 4 saturated carbocycles. The molecule has 2 aromatic rings. The number of ether oxygens (including phenoxy) is 2. The first-order valence-corrected chi connectivity index (χ1v) is 17.7. The van der Waals surface area contributed by atoms with Gasteiger partial charge in [-0.15, -0.1) is 0 Å². The third kappa shape index (κ3) is 7.90. The Morgan fingerprint density at radius 1 is 0.956 bits per heavy atom. The second-order valence-corrected chi connectivity index (χ2v) is 16.0. The molecule has 0 amide bonds. The van der Waals surface area contributed by atoms with Crippen molar-refractivity contribution in [1.29, 1.82) is 0 Å². The maximum atomic E-state index is 12.9. The molecule has 3 atom stereocenters. The predicted molar refractivity (Wildman–Crippen MR) is 152 cm³/mol. The smallest absolute Gasteiger partial charge is 0.426 e. The number of esters is 1. The van der Waals surface area contributed by atoms with Crippen LogP contribution < -0.4 is 4.74 Å². The third-order valence-corrected chi connectivity index (χ3v) is 12.2. The standard InChI is InChI=1S/C16H16F3OS.C14H17F3O6S/c17-16(18,19)11-20-14-7-8-15(21-9-3-4-10-21)13-6-2-1-5-12(13)14;15-14(16,17)10(6-24(20,21)22)23-12(19)13-3-7-1-8(4-13)11(18)9(2-7)5-13/h1-2,5-8H,3-4,9-11H2;7-10H,1-6H2,(H,20,21,22)/q+1;/p-1. The first-order valence-electron chi connectivity index (χ1n) is 14.6. The van der Waals surface area contributed by atoms with E-state index in [-0.39, 0.29) is 47.3 Å². The molecule has 5 fully saturated rings. The van der Waals surface area contributed by atoms with Gasteiger partial charge < -0.3 is 14.0 Å². The van der Waals surface area contributed by atoms with Crippen molar-refractivity contribution in [3.05, 3.63) is 36.4 Å². The summed E-state index contributed by atoms with van der Waals surface area (Å²) in [5.74, 6) is -0.806. The van der Waals surface area contributed by atoms with Crippen molar-refractivity contribution in [2.45, 2.75) is 68.3 Å². The fourth-order valence-electron chi connectivity index (χ4n) is 7.29. The summed E-state index contributed by atoms with van der Waals surface area (Å²) in [5.41, 5.74) is -1.17.